The number of nitro groups is 1. The van der Waals surface area contributed by atoms with Crippen molar-refractivity contribution >= 4 is 16.6 Å². The van der Waals surface area contributed by atoms with Crippen molar-refractivity contribution in [3.05, 3.63) is 51.0 Å². The zero-order chi connectivity index (χ0) is 14.4. The first-order chi connectivity index (χ1) is 9.74. The highest BCUT2D eigenvalue weighted by Gasteiger charge is 2.15. The molecule has 0 aliphatic heterocycles. The first-order valence-electron chi connectivity index (χ1n) is 5.90. The second-order valence-corrected chi connectivity index (χ2v) is 3.90. The maximum Gasteiger partial charge on any atom is 0.295 e. The SMILES string of the molecule is [N-]=[N+]=NCCCOc1ccc([N+](=O)[O-])c2ncccc12. The van der Waals surface area contributed by atoms with Crippen LogP contribution in [0.2, 0.25) is 0 Å². The van der Waals surface area contributed by atoms with Gasteiger partial charge in [-0.1, -0.05) is 5.11 Å². The van der Waals surface area contributed by atoms with E-state index in [0.717, 1.165) is 0 Å². The molecular weight excluding hydrogens is 262 g/mol. The lowest BCUT2D eigenvalue weighted by Gasteiger charge is -2.08. The van der Waals surface area contributed by atoms with E-state index in [0.29, 0.717) is 36.2 Å². The van der Waals surface area contributed by atoms with Gasteiger partial charge in [-0.05, 0) is 30.2 Å². The van der Waals surface area contributed by atoms with Crippen LogP contribution in [-0.2, 0) is 0 Å². The Hall–Kier alpha value is -2.86. The standard InChI is InChI=1S/C12H11N5O3/c13-16-15-7-2-8-20-11-5-4-10(17(18)19)12-9(11)3-1-6-14-12/h1,3-6H,2,7-8H2. The van der Waals surface area contributed by atoms with E-state index in [2.05, 4.69) is 15.0 Å². The highest BCUT2D eigenvalue weighted by molar-refractivity contribution is 5.91. The van der Waals surface area contributed by atoms with Gasteiger partial charge < -0.3 is 4.74 Å². The van der Waals surface area contributed by atoms with Crippen molar-refractivity contribution < 1.29 is 9.66 Å². The third-order valence-electron chi connectivity index (χ3n) is 2.63. The van der Waals surface area contributed by atoms with Crippen LogP contribution in [0.5, 0.6) is 5.75 Å². The highest BCUT2D eigenvalue weighted by Crippen LogP contribution is 2.31. The van der Waals surface area contributed by atoms with Crippen LogP contribution < -0.4 is 4.74 Å². The summed E-state index contributed by atoms with van der Waals surface area (Å²) in [6.45, 7) is 0.709. The van der Waals surface area contributed by atoms with Gasteiger partial charge in [0.25, 0.3) is 5.69 Å². The zero-order valence-corrected chi connectivity index (χ0v) is 10.5. The normalized spacial score (nSPS) is 10.0. The van der Waals surface area contributed by atoms with E-state index in [4.69, 9.17) is 10.3 Å². The summed E-state index contributed by atoms with van der Waals surface area (Å²) in [5.74, 6) is 0.527. The first-order valence-corrected chi connectivity index (χ1v) is 5.90. The zero-order valence-electron chi connectivity index (χ0n) is 10.5. The summed E-state index contributed by atoms with van der Waals surface area (Å²) in [6, 6.07) is 6.34. The maximum atomic E-state index is 10.9. The molecule has 2 aromatic rings. The van der Waals surface area contributed by atoms with Crippen LogP contribution in [0.3, 0.4) is 0 Å². The van der Waals surface area contributed by atoms with Crippen molar-refractivity contribution in [3.8, 4) is 5.75 Å². The molecule has 0 aliphatic rings. The molecule has 0 N–H and O–H groups in total. The fraction of sp³-hybridized carbons (Fsp3) is 0.250. The second-order valence-electron chi connectivity index (χ2n) is 3.90. The molecule has 0 amide bonds. The Kier molecular flexibility index (Phi) is 4.31. The van der Waals surface area contributed by atoms with Crippen LogP contribution in [0, 0.1) is 10.1 Å². The molecular formula is C12H11N5O3. The van der Waals surface area contributed by atoms with E-state index < -0.39 is 4.92 Å². The number of rotatable bonds is 6. The van der Waals surface area contributed by atoms with Crippen LogP contribution in [-0.4, -0.2) is 23.1 Å². The van der Waals surface area contributed by atoms with Gasteiger partial charge in [0.05, 0.1) is 11.5 Å². The number of benzene rings is 1. The first kappa shape index (κ1) is 13.6. The second kappa shape index (κ2) is 6.35. The summed E-state index contributed by atoms with van der Waals surface area (Å²) in [6.07, 6.45) is 2.07. The summed E-state index contributed by atoms with van der Waals surface area (Å²) in [5.41, 5.74) is 8.39. The molecule has 0 bridgehead atoms. The van der Waals surface area contributed by atoms with Gasteiger partial charge in [-0.15, -0.1) is 0 Å². The molecule has 0 fully saturated rings. The smallest absolute Gasteiger partial charge is 0.295 e. The van der Waals surface area contributed by atoms with Crippen molar-refractivity contribution in [2.24, 2.45) is 5.11 Å². The summed E-state index contributed by atoms with van der Waals surface area (Å²) >= 11 is 0. The number of nitrogens with zero attached hydrogens (tertiary/aromatic N) is 5. The Balaban J connectivity index is 2.24. The molecule has 0 radical (unpaired) electrons. The molecule has 8 nitrogen and oxygen atoms in total. The Morgan fingerprint density at radius 1 is 1.45 bits per heavy atom. The van der Waals surface area contributed by atoms with Crippen LogP contribution in [0.15, 0.2) is 35.6 Å². The van der Waals surface area contributed by atoms with Crippen LogP contribution in [0.4, 0.5) is 5.69 Å². The molecule has 0 aliphatic carbocycles. The van der Waals surface area contributed by atoms with E-state index in [-0.39, 0.29) is 5.69 Å². The van der Waals surface area contributed by atoms with Crippen molar-refractivity contribution in [1.29, 1.82) is 0 Å². The fourth-order valence-corrected chi connectivity index (χ4v) is 1.77. The van der Waals surface area contributed by atoms with Gasteiger partial charge in [0.1, 0.15) is 5.75 Å². The Morgan fingerprint density at radius 3 is 3.05 bits per heavy atom. The minimum atomic E-state index is -0.471. The van der Waals surface area contributed by atoms with Gasteiger partial charge in [0.2, 0.25) is 0 Å². The molecule has 0 unspecified atom stereocenters. The Bertz CT molecular complexity index is 682. The average Bonchev–Trinajstić information content (AvgIpc) is 2.46. The van der Waals surface area contributed by atoms with Crippen LogP contribution in [0.25, 0.3) is 21.3 Å². The van der Waals surface area contributed by atoms with Crippen molar-refractivity contribution in [2.75, 3.05) is 13.2 Å². The predicted octanol–water partition coefficient (Wildman–Crippen LogP) is 3.22. The van der Waals surface area contributed by atoms with E-state index in [9.17, 15) is 10.1 Å². The summed E-state index contributed by atoms with van der Waals surface area (Å²) in [7, 11) is 0. The minimum Gasteiger partial charge on any atom is -0.493 e. The molecule has 20 heavy (non-hydrogen) atoms. The maximum absolute atomic E-state index is 10.9. The molecule has 2 rings (SSSR count). The molecule has 1 aromatic carbocycles. The number of non-ortho nitro benzene ring substituents is 1. The number of fused-ring (bicyclic) bond motifs is 1. The summed E-state index contributed by atoms with van der Waals surface area (Å²) in [4.78, 5) is 17.1. The molecule has 8 heteroatoms. The minimum absolute atomic E-state index is 0.0537. The van der Waals surface area contributed by atoms with Gasteiger partial charge in [-0.3, -0.25) is 10.1 Å². The monoisotopic (exact) mass is 273 g/mol. The highest BCUT2D eigenvalue weighted by atomic mass is 16.6. The molecule has 0 saturated heterocycles. The van der Waals surface area contributed by atoms with Gasteiger partial charge in [0.15, 0.2) is 5.52 Å². The quantitative estimate of drug-likeness (QED) is 0.201. The lowest BCUT2D eigenvalue weighted by atomic mass is 10.1. The van der Waals surface area contributed by atoms with Crippen molar-refractivity contribution in [2.45, 2.75) is 6.42 Å². The van der Waals surface area contributed by atoms with Crippen molar-refractivity contribution in [3.63, 3.8) is 0 Å². The third-order valence-corrected chi connectivity index (χ3v) is 2.63. The van der Waals surface area contributed by atoms with Gasteiger partial charge in [0, 0.05) is 29.1 Å². The number of azide groups is 1. The summed E-state index contributed by atoms with van der Waals surface area (Å²) in [5, 5.41) is 14.9. The number of ether oxygens (including phenoxy) is 1. The Labute approximate surface area is 113 Å². The lowest BCUT2D eigenvalue weighted by molar-refractivity contribution is -0.383. The topological polar surface area (TPSA) is 114 Å². The lowest BCUT2D eigenvalue weighted by Crippen LogP contribution is -2.00. The van der Waals surface area contributed by atoms with E-state index in [1.54, 1.807) is 18.2 Å². The van der Waals surface area contributed by atoms with Crippen LogP contribution in [0.1, 0.15) is 6.42 Å². The van der Waals surface area contributed by atoms with Crippen LogP contribution >= 0.6 is 0 Å². The largest absolute Gasteiger partial charge is 0.493 e. The molecule has 1 aromatic heterocycles. The number of hydrogen-bond acceptors (Lipinski definition) is 5. The number of nitro benzene ring substituents is 1. The van der Waals surface area contributed by atoms with E-state index >= 15 is 0 Å². The van der Waals surface area contributed by atoms with Crippen molar-refractivity contribution in [1.82, 2.24) is 4.98 Å². The molecule has 1 heterocycles. The number of pyridine rings is 1. The van der Waals surface area contributed by atoms with Gasteiger partial charge in [-0.25, -0.2) is 4.98 Å². The number of hydrogen-bond donors (Lipinski definition) is 0. The summed E-state index contributed by atoms with van der Waals surface area (Å²) < 4.78 is 5.55. The predicted molar refractivity (Wildman–Crippen MR) is 72.5 cm³/mol. The Morgan fingerprint density at radius 2 is 2.30 bits per heavy atom. The van der Waals surface area contributed by atoms with Gasteiger partial charge >= 0.3 is 0 Å². The van der Waals surface area contributed by atoms with E-state index in [1.165, 1.54) is 12.3 Å². The number of aromatic nitrogens is 1. The van der Waals surface area contributed by atoms with E-state index in [1.807, 2.05) is 0 Å². The molecule has 0 atom stereocenters. The third kappa shape index (κ3) is 2.93. The fourth-order valence-electron chi connectivity index (χ4n) is 1.77. The van der Waals surface area contributed by atoms with Gasteiger partial charge in [-0.2, -0.15) is 0 Å². The average molecular weight is 273 g/mol. The molecule has 0 saturated carbocycles. The molecule has 0 spiro atoms. The molecule has 102 valence electrons.